The highest BCUT2D eigenvalue weighted by Gasteiger charge is 2.24. The summed E-state index contributed by atoms with van der Waals surface area (Å²) < 4.78 is 5.98. The molecule has 1 saturated heterocycles. The van der Waals surface area contributed by atoms with Crippen molar-refractivity contribution >= 4 is 56.5 Å². The number of thioether (sulfide) groups is 1. The third-order valence-corrected chi connectivity index (χ3v) is 4.98. The molecule has 1 aliphatic heterocycles. The molecule has 0 aromatic heterocycles. The summed E-state index contributed by atoms with van der Waals surface area (Å²) >= 11 is 4.61. The summed E-state index contributed by atoms with van der Waals surface area (Å²) in [7, 11) is 1.58. The molecule has 1 heterocycles. The minimum Gasteiger partial charge on any atom is -0.496 e. The van der Waals surface area contributed by atoms with Crippen LogP contribution in [0.1, 0.15) is 15.9 Å². The summed E-state index contributed by atoms with van der Waals surface area (Å²) in [4.78, 5) is 28.0. The van der Waals surface area contributed by atoms with Crippen molar-refractivity contribution in [1.29, 1.82) is 0 Å². The van der Waals surface area contributed by atoms with Gasteiger partial charge in [-0.2, -0.15) is 0 Å². The van der Waals surface area contributed by atoms with Gasteiger partial charge < -0.3 is 15.2 Å². The number of amides is 1. The summed E-state index contributed by atoms with van der Waals surface area (Å²) in [5.74, 6) is -0.577. The van der Waals surface area contributed by atoms with Gasteiger partial charge in [0.15, 0.2) is 5.17 Å². The van der Waals surface area contributed by atoms with Gasteiger partial charge in [-0.25, -0.2) is 9.79 Å². The van der Waals surface area contributed by atoms with Crippen LogP contribution >= 0.6 is 27.7 Å². The monoisotopic (exact) mass is 432 g/mol. The van der Waals surface area contributed by atoms with Gasteiger partial charge in [-0.15, -0.1) is 0 Å². The number of carbonyl (C=O) groups excluding carboxylic acids is 1. The van der Waals surface area contributed by atoms with E-state index in [-0.39, 0.29) is 11.5 Å². The van der Waals surface area contributed by atoms with E-state index in [1.807, 2.05) is 12.1 Å². The van der Waals surface area contributed by atoms with Gasteiger partial charge in [0.2, 0.25) is 0 Å². The average Bonchev–Trinajstić information content (AvgIpc) is 2.94. The highest BCUT2D eigenvalue weighted by Crippen LogP contribution is 2.31. The Hall–Kier alpha value is -2.58. The number of rotatable bonds is 4. The summed E-state index contributed by atoms with van der Waals surface area (Å²) in [6.07, 6.45) is 1.75. The lowest BCUT2D eigenvalue weighted by Crippen LogP contribution is -2.19. The quantitative estimate of drug-likeness (QED) is 0.711. The molecule has 0 aliphatic carbocycles. The molecule has 2 aromatic rings. The number of aliphatic imine (C=N–C) groups is 1. The van der Waals surface area contributed by atoms with E-state index in [2.05, 4.69) is 26.2 Å². The number of nitrogens with one attached hydrogen (secondary N) is 1. The Morgan fingerprint density at radius 3 is 2.81 bits per heavy atom. The van der Waals surface area contributed by atoms with Crippen LogP contribution in [0.4, 0.5) is 5.69 Å². The van der Waals surface area contributed by atoms with E-state index < -0.39 is 5.97 Å². The summed E-state index contributed by atoms with van der Waals surface area (Å²) in [5, 5.41) is 12.1. The number of hydrogen-bond donors (Lipinski definition) is 2. The van der Waals surface area contributed by atoms with Crippen LogP contribution in [0.25, 0.3) is 6.08 Å². The number of amidine groups is 1. The number of benzene rings is 2. The largest absolute Gasteiger partial charge is 0.496 e. The highest BCUT2D eigenvalue weighted by molar-refractivity contribution is 9.10. The number of carbonyl (C=O) groups is 2. The molecular weight excluding hydrogens is 420 g/mol. The van der Waals surface area contributed by atoms with Crippen molar-refractivity contribution in [2.24, 2.45) is 4.99 Å². The zero-order chi connectivity index (χ0) is 18.7. The van der Waals surface area contributed by atoms with Gasteiger partial charge in [0.05, 0.1) is 27.7 Å². The molecule has 8 heteroatoms. The third kappa shape index (κ3) is 4.14. The van der Waals surface area contributed by atoms with Gasteiger partial charge in [0, 0.05) is 0 Å². The van der Waals surface area contributed by atoms with Crippen LogP contribution < -0.4 is 10.1 Å². The topological polar surface area (TPSA) is 88.0 Å². The average molecular weight is 433 g/mol. The number of carboxylic acid groups (broad SMARTS) is 1. The van der Waals surface area contributed by atoms with Crippen molar-refractivity contribution in [2.45, 2.75) is 0 Å². The third-order valence-electron chi connectivity index (χ3n) is 3.45. The number of nitrogens with zero attached hydrogens (tertiary/aromatic N) is 1. The molecule has 1 aliphatic rings. The first kappa shape index (κ1) is 18.2. The Balaban J connectivity index is 1.83. The van der Waals surface area contributed by atoms with Gasteiger partial charge in [0.25, 0.3) is 5.91 Å². The Kier molecular flexibility index (Phi) is 5.43. The maximum absolute atomic E-state index is 12.2. The van der Waals surface area contributed by atoms with Crippen LogP contribution in [0.15, 0.2) is 56.8 Å². The van der Waals surface area contributed by atoms with Crippen LogP contribution in [0.5, 0.6) is 5.75 Å². The zero-order valence-corrected chi connectivity index (χ0v) is 15.9. The molecule has 0 unspecified atom stereocenters. The van der Waals surface area contributed by atoms with Crippen molar-refractivity contribution in [3.63, 3.8) is 0 Å². The number of methoxy groups -OCH3 is 1. The molecule has 1 amide bonds. The lowest BCUT2D eigenvalue weighted by molar-refractivity contribution is -0.115. The lowest BCUT2D eigenvalue weighted by atomic mass is 10.2. The molecule has 0 radical (unpaired) electrons. The van der Waals surface area contributed by atoms with E-state index in [4.69, 9.17) is 9.84 Å². The SMILES string of the molecule is COc1ccc(/C=C2/SC(=Nc3cccc(C(=O)O)c3)NC2=O)cc1Br. The highest BCUT2D eigenvalue weighted by atomic mass is 79.9. The molecule has 6 nitrogen and oxygen atoms in total. The molecule has 2 aromatic carbocycles. The second-order valence-electron chi connectivity index (χ2n) is 5.23. The minimum absolute atomic E-state index is 0.139. The van der Waals surface area contributed by atoms with Gasteiger partial charge in [-0.3, -0.25) is 4.79 Å². The van der Waals surface area contributed by atoms with Gasteiger partial charge in [-0.1, -0.05) is 12.1 Å². The first-order valence-corrected chi connectivity index (χ1v) is 9.03. The van der Waals surface area contributed by atoms with Crippen molar-refractivity contribution < 1.29 is 19.4 Å². The van der Waals surface area contributed by atoms with E-state index in [0.29, 0.717) is 21.5 Å². The molecule has 3 rings (SSSR count). The molecular formula is C18H13BrN2O4S. The van der Waals surface area contributed by atoms with Gasteiger partial charge in [0.1, 0.15) is 5.75 Å². The maximum Gasteiger partial charge on any atom is 0.335 e. The second-order valence-corrected chi connectivity index (χ2v) is 7.12. The van der Waals surface area contributed by atoms with Gasteiger partial charge in [-0.05, 0) is 69.7 Å². The van der Waals surface area contributed by atoms with Crippen molar-refractivity contribution in [1.82, 2.24) is 5.32 Å². The molecule has 0 atom stereocenters. The predicted octanol–water partition coefficient (Wildman–Crippen LogP) is 4.05. The molecule has 0 spiro atoms. The fourth-order valence-electron chi connectivity index (χ4n) is 2.23. The molecule has 0 bridgehead atoms. The number of hydrogen-bond acceptors (Lipinski definition) is 5. The molecule has 26 heavy (non-hydrogen) atoms. The van der Waals surface area contributed by atoms with Crippen LogP contribution in [-0.4, -0.2) is 29.3 Å². The van der Waals surface area contributed by atoms with Crippen LogP contribution in [-0.2, 0) is 4.79 Å². The normalized spacial score (nSPS) is 16.8. The van der Waals surface area contributed by atoms with E-state index in [0.717, 1.165) is 10.0 Å². The van der Waals surface area contributed by atoms with Crippen molar-refractivity contribution in [2.75, 3.05) is 7.11 Å². The fraction of sp³-hybridized carbons (Fsp3) is 0.0556. The predicted molar refractivity (Wildman–Crippen MR) is 105 cm³/mol. The molecule has 0 saturated carbocycles. The minimum atomic E-state index is -1.03. The molecule has 1 fully saturated rings. The Bertz CT molecular complexity index is 956. The van der Waals surface area contributed by atoms with Gasteiger partial charge >= 0.3 is 5.97 Å². The maximum atomic E-state index is 12.2. The van der Waals surface area contributed by atoms with Crippen LogP contribution in [0.3, 0.4) is 0 Å². The van der Waals surface area contributed by atoms with Crippen LogP contribution in [0, 0.1) is 0 Å². The molecule has 2 N–H and O–H groups in total. The summed E-state index contributed by atoms with van der Waals surface area (Å²) in [6, 6.07) is 11.7. The zero-order valence-electron chi connectivity index (χ0n) is 13.5. The Labute approximate surface area is 162 Å². The first-order chi connectivity index (χ1) is 12.5. The summed E-state index contributed by atoms with van der Waals surface area (Å²) in [5.41, 5.74) is 1.44. The van der Waals surface area contributed by atoms with E-state index >= 15 is 0 Å². The molecule has 132 valence electrons. The fourth-order valence-corrected chi connectivity index (χ4v) is 3.63. The second kappa shape index (κ2) is 7.76. The van der Waals surface area contributed by atoms with E-state index in [1.54, 1.807) is 31.4 Å². The Morgan fingerprint density at radius 2 is 2.12 bits per heavy atom. The van der Waals surface area contributed by atoms with E-state index in [9.17, 15) is 9.59 Å². The van der Waals surface area contributed by atoms with Crippen molar-refractivity contribution in [3.8, 4) is 5.75 Å². The standard InChI is InChI=1S/C18H13BrN2O4S/c1-25-14-6-5-10(7-13(14)19)8-15-16(22)21-18(26-15)20-12-4-2-3-11(9-12)17(23)24/h2-9H,1H3,(H,23,24)(H,20,21,22)/b15-8+. The number of halogens is 1. The van der Waals surface area contributed by atoms with Crippen LogP contribution in [0.2, 0.25) is 0 Å². The number of ether oxygens (including phenoxy) is 1. The van der Waals surface area contributed by atoms with E-state index in [1.165, 1.54) is 23.9 Å². The first-order valence-electron chi connectivity index (χ1n) is 7.43. The number of aromatic carboxylic acids is 1. The summed E-state index contributed by atoms with van der Waals surface area (Å²) in [6.45, 7) is 0. The smallest absolute Gasteiger partial charge is 0.335 e. The van der Waals surface area contributed by atoms with Crippen molar-refractivity contribution in [3.05, 3.63) is 63.0 Å². The lowest BCUT2D eigenvalue weighted by Gasteiger charge is -2.03. The Morgan fingerprint density at radius 1 is 1.31 bits per heavy atom. The number of carboxylic acids is 1.